The average molecular weight is 354 g/mol. The van der Waals surface area contributed by atoms with Crippen molar-refractivity contribution in [2.45, 2.75) is 24.9 Å². The van der Waals surface area contributed by atoms with Crippen LogP contribution in [0.3, 0.4) is 0 Å². The van der Waals surface area contributed by atoms with Gasteiger partial charge in [-0.3, -0.25) is 24.4 Å². The molecule has 1 fully saturated rings. The molecule has 4 heterocycles. The molecule has 3 aliphatic heterocycles. The SMILES string of the molecule is N=c1ccn2c(n1)O[C@@H]1C[C@H]2O[C@@H]1CON1C(=O)c2ccccc2C1=O. The Morgan fingerprint density at radius 2 is 1.92 bits per heavy atom. The zero-order valence-corrected chi connectivity index (χ0v) is 13.5. The first-order chi connectivity index (χ1) is 12.6. The van der Waals surface area contributed by atoms with Gasteiger partial charge in [0.15, 0.2) is 5.49 Å². The zero-order chi connectivity index (χ0) is 17.8. The van der Waals surface area contributed by atoms with Crippen LogP contribution in [0.25, 0.3) is 0 Å². The van der Waals surface area contributed by atoms with Crippen molar-refractivity contribution in [3.8, 4) is 6.01 Å². The van der Waals surface area contributed by atoms with Gasteiger partial charge in [0, 0.05) is 12.6 Å². The lowest BCUT2D eigenvalue weighted by atomic mass is 10.1. The zero-order valence-electron chi connectivity index (χ0n) is 13.5. The Labute approximate surface area is 147 Å². The lowest BCUT2D eigenvalue weighted by Gasteiger charge is -2.23. The van der Waals surface area contributed by atoms with Gasteiger partial charge in [-0.15, -0.1) is 5.06 Å². The predicted molar refractivity (Wildman–Crippen MR) is 83.9 cm³/mol. The number of carbonyl (C=O) groups is 2. The monoisotopic (exact) mass is 354 g/mol. The molecule has 0 unspecified atom stereocenters. The Kier molecular flexibility index (Phi) is 3.21. The van der Waals surface area contributed by atoms with Gasteiger partial charge in [-0.05, 0) is 18.2 Å². The van der Waals surface area contributed by atoms with Crippen LogP contribution in [0.4, 0.5) is 0 Å². The minimum Gasteiger partial charge on any atom is -0.458 e. The number of amides is 2. The normalized spacial score (nSPS) is 25.8. The maximum atomic E-state index is 12.3. The van der Waals surface area contributed by atoms with Crippen LogP contribution in [-0.2, 0) is 9.57 Å². The number of ether oxygens (including phenoxy) is 2. The minimum absolute atomic E-state index is 0.00504. The number of imide groups is 1. The first-order valence-corrected chi connectivity index (χ1v) is 8.18. The van der Waals surface area contributed by atoms with Gasteiger partial charge < -0.3 is 9.47 Å². The first-order valence-electron chi connectivity index (χ1n) is 8.18. The van der Waals surface area contributed by atoms with Crippen LogP contribution < -0.4 is 10.2 Å². The highest BCUT2D eigenvalue weighted by Crippen LogP contribution is 2.37. The number of nitrogens with one attached hydrogen (secondary N) is 1. The van der Waals surface area contributed by atoms with Gasteiger partial charge in [0.05, 0.1) is 11.1 Å². The Balaban J connectivity index is 1.30. The predicted octanol–water partition coefficient (Wildman–Crippen LogP) is 0.639. The molecular weight excluding hydrogens is 340 g/mol. The first kappa shape index (κ1) is 15.2. The van der Waals surface area contributed by atoms with E-state index in [-0.39, 0.29) is 24.4 Å². The van der Waals surface area contributed by atoms with Crippen molar-refractivity contribution in [2.24, 2.45) is 0 Å². The number of rotatable bonds is 3. The third-order valence-electron chi connectivity index (χ3n) is 4.70. The largest absolute Gasteiger partial charge is 0.458 e. The standard InChI is InChI=1S/C17H14N4O5/c18-13-5-6-20-14-7-11(26-17(20)19-13)12(25-14)8-24-21-15(22)9-3-1-2-4-10(9)16(21)23/h1-6,11-12,14,18H,7-8H2/t11-,12-,14-/m1/s1. The van der Waals surface area contributed by atoms with E-state index in [1.165, 1.54) is 0 Å². The average Bonchev–Trinajstić information content (AvgIpc) is 3.09. The van der Waals surface area contributed by atoms with Crippen LogP contribution in [0.5, 0.6) is 6.01 Å². The molecule has 5 rings (SSSR count). The number of nitrogens with zero attached hydrogens (tertiary/aromatic N) is 3. The van der Waals surface area contributed by atoms with Crippen molar-refractivity contribution in [1.82, 2.24) is 14.6 Å². The van der Waals surface area contributed by atoms with E-state index >= 15 is 0 Å². The third-order valence-corrected chi connectivity index (χ3v) is 4.70. The number of hydrogen-bond donors (Lipinski definition) is 1. The summed E-state index contributed by atoms with van der Waals surface area (Å²) in [5.74, 6) is -0.962. The summed E-state index contributed by atoms with van der Waals surface area (Å²) in [6, 6.07) is 8.47. The summed E-state index contributed by atoms with van der Waals surface area (Å²) < 4.78 is 13.4. The second-order valence-corrected chi connectivity index (χ2v) is 6.27. The molecule has 2 aromatic rings. The fourth-order valence-electron chi connectivity index (χ4n) is 3.43. The molecular formula is C17H14N4O5. The number of hydrogen-bond acceptors (Lipinski definition) is 7. The number of hydroxylamine groups is 2. The molecule has 2 bridgehead atoms. The molecule has 1 N–H and O–H groups in total. The summed E-state index contributed by atoms with van der Waals surface area (Å²) in [6.07, 6.45) is 1.25. The fourth-order valence-corrected chi connectivity index (χ4v) is 3.43. The molecule has 2 amide bonds. The van der Waals surface area contributed by atoms with Crippen LogP contribution in [0.1, 0.15) is 33.4 Å². The van der Waals surface area contributed by atoms with Crippen molar-refractivity contribution in [2.75, 3.05) is 6.61 Å². The van der Waals surface area contributed by atoms with Gasteiger partial charge in [0.25, 0.3) is 11.8 Å². The van der Waals surface area contributed by atoms with E-state index in [0.29, 0.717) is 23.6 Å². The van der Waals surface area contributed by atoms with E-state index in [4.69, 9.17) is 19.7 Å². The molecule has 1 saturated heterocycles. The summed E-state index contributed by atoms with van der Waals surface area (Å²) in [5.41, 5.74) is 0.765. The molecule has 1 aromatic heterocycles. The van der Waals surface area contributed by atoms with Crippen LogP contribution in [-0.4, -0.2) is 45.2 Å². The number of fused-ring (bicyclic) bond motifs is 5. The molecule has 3 aliphatic rings. The lowest BCUT2D eigenvalue weighted by molar-refractivity contribution is -0.134. The van der Waals surface area contributed by atoms with Crippen LogP contribution >= 0.6 is 0 Å². The summed E-state index contributed by atoms with van der Waals surface area (Å²) in [5, 5.41) is 8.36. The summed E-state index contributed by atoms with van der Waals surface area (Å²) in [7, 11) is 0. The molecule has 1 aromatic carbocycles. The van der Waals surface area contributed by atoms with Gasteiger partial charge >= 0.3 is 6.01 Å². The quantitative estimate of drug-likeness (QED) is 0.811. The van der Waals surface area contributed by atoms with Gasteiger partial charge in [-0.2, -0.15) is 4.98 Å². The van der Waals surface area contributed by atoms with Crippen molar-refractivity contribution >= 4 is 11.8 Å². The van der Waals surface area contributed by atoms with Gasteiger partial charge in [0.2, 0.25) is 0 Å². The van der Waals surface area contributed by atoms with Crippen molar-refractivity contribution < 1.29 is 23.9 Å². The van der Waals surface area contributed by atoms with Crippen LogP contribution in [0, 0.1) is 5.41 Å². The molecule has 9 heteroatoms. The second kappa shape index (κ2) is 5.48. The number of carbonyl (C=O) groups excluding carboxylic acids is 2. The maximum Gasteiger partial charge on any atom is 0.300 e. The molecule has 132 valence electrons. The van der Waals surface area contributed by atoms with Crippen molar-refractivity contribution in [3.63, 3.8) is 0 Å². The third kappa shape index (κ3) is 2.18. The van der Waals surface area contributed by atoms with Gasteiger partial charge in [0.1, 0.15) is 25.0 Å². The molecule has 0 aliphatic carbocycles. The van der Waals surface area contributed by atoms with Crippen LogP contribution in [0.15, 0.2) is 36.5 Å². The second-order valence-electron chi connectivity index (χ2n) is 6.27. The summed E-state index contributed by atoms with van der Waals surface area (Å²) >= 11 is 0. The molecule has 0 saturated carbocycles. The Bertz CT molecular complexity index is 952. The molecule has 9 nitrogen and oxygen atoms in total. The molecule has 0 radical (unpaired) electrons. The summed E-state index contributed by atoms with van der Waals surface area (Å²) in [6.45, 7) is -0.00504. The highest BCUT2D eigenvalue weighted by atomic mass is 16.7. The van der Waals surface area contributed by atoms with Crippen molar-refractivity contribution in [3.05, 3.63) is 53.1 Å². The maximum absolute atomic E-state index is 12.3. The van der Waals surface area contributed by atoms with Crippen molar-refractivity contribution in [1.29, 1.82) is 5.41 Å². The molecule has 3 atom stereocenters. The van der Waals surface area contributed by atoms with E-state index in [9.17, 15) is 9.59 Å². The topological polar surface area (TPSA) is 107 Å². The van der Waals surface area contributed by atoms with E-state index in [1.807, 2.05) is 0 Å². The van der Waals surface area contributed by atoms with Crippen LogP contribution in [0.2, 0.25) is 0 Å². The fraction of sp³-hybridized carbons (Fsp3) is 0.294. The number of aromatic nitrogens is 2. The Morgan fingerprint density at radius 1 is 1.19 bits per heavy atom. The molecule has 26 heavy (non-hydrogen) atoms. The van der Waals surface area contributed by atoms with Gasteiger partial charge in [-0.1, -0.05) is 12.1 Å². The van der Waals surface area contributed by atoms with E-state index in [2.05, 4.69) is 4.98 Å². The Hall–Kier alpha value is -3.04. The van der Waals surface area contributed by atoms with E-state index < -0.39 is 17.9 Å². The lowest BCUT2D eigenvalue weighted by Crippen LogP contribution is -2.38. The Morgan fingerprint density at radius 3 is 2.65 bits per heavy atom. The van der Waals surface area contributed by atoms with E-state index in [1.54, 1.807) is 41.1 Å². The minimum atomic E-state index is -0.481. The summed E-state index contributed by atoms with van der Waals surface area (Å²) in [4.78, 5) is 34.2. The highest BCUT2D eigenvalue weighted by molar-refractivity contribution is 6.20. The highest BCUT2D eigenvalue weighted by Gasteiger charge is 2.44. The molecule has 0 spiro atoms. The van der Waals surface area contributed by atoms with E-state index in [0.717, 1.165) is 5.06 Å². The van der Waals surface area contributed by atoms with Gasteiger partial charge in [-0.25, -0.2) is 0 Å². The smallest absolute Gasteiger partial charge is 0.300 e. The number of benzene rings is 1.